The van der Waals surface area contributed by atoms with Crippen LogP contribution in [0.3, 0.4) is 0 Å². The van der Waals surface area contributed by atoms with Crippen LogP contribution in [0.5, 0.6) is 0 Å². The van der Waals surface area contributed by atoms with Crippen molar-refractivity contribution < 1.29 is 4.79 Å². The number of nitrogens with one attached hydrogen (secondary N) is 1. The zero-order valence-electron chi connectivity index (χ0n) is 10.7. The number of aromatic amines is 1. The van der Waals surface area contributed by atoms with Crippen LogP contribution in [-0.2, 0) is 0 Å². The van der Waals surface area contributed by atoms with Gasteiger partial charge in [-0.2, -0.15) is 0 Å². The first kappa shape index (κ1) is 11.1. The van der Waals surface area contributed by atoms with Gasteiger partial charge in [-0.1, -0.05) is 30.3 Å². The monoisotopic (exact) mass is 260 g/mol. The quantitative estimate of drug-likeness (QED) is 0.540. The molecule has 1 aromatic heterocycles. The molecule has 3 N–H and O–H groups in total. The molecule has 0 saturated heterocycles. The average molecular weight is 260 g/mol. The molecule has 0 aliphatic carbocycles. The molecule has 4 aromatic rings. The highest BCUT2D eigenvalue weighted by Crippen LogP contribution is 2.31. The van der Waals surface area contributed by atoms with Crippen LogP contribution in [0.2, 0.25) is 0 Å². The van der Waals surface area contributed by atoms with Crippen molar-refractivity contribution in [2.45, 2.75) is 0 Å². The van der Waals surface area contributed by atoms with Crippen LogP contribution >= 0.6 is 0 Å². The number of aromatic nitrogens is 1. The smallest absolute Gasteiger partial charge is 0.249 e. The molecule has 1 heterocycles. The second-order valence-electron chi connectivity index (χ2n) is 4.96. The number of carbonyl (C=O) groups is 1. The number of hydrogen-bond donors (Lipinski definition) is 2. The molecule has 20 heavy (non-hydrogen) atoms. The van der Waals surface area contributed by atoms with Crippen molar-refractivity contribution in [2.75, 3.05) is 0 Å². The highest BCUT2D eigenvalue weighted by molar-refractivity contribution is 6.19. The maximum atomic E-state index is 11.6. The molecule has 0 fully saturated rings. The lowest BCUT2D eigenvalue weighted by molar-refractivity contribution is 0.100. The van der Waals surface area contributed by atoms with Gasteiger partial charge in [-0.3, -0.25) is 4.79 Å². The van der Waals surface area contributed by atoms with Crippen molar-refractivity contribution in [3.05, 3.63) is 60.2 Å². The van der Waals surface area contributed by atoms with E-state index in [1.807, 2.05) is 24.3 Å². The molecule has 0 unspecified atom stereocenters. The van der Waals surface area contributed by atoms with E-state index in [-0.39, 0.29) is 0 Å². The van der Waals surface area contributed by atoms with Gasteiger partial charge in [-0.25, -0.2) is 0 Å². The largest absolute Gasteiger partial charge is 0.366 e. The van der Waals surface area contributed by atoms with Crippen LogP contribution in [0.4, 0.5) is 0 Å². The SMILES string of the molecule is NC(=O)c1cccc2[nH]c3cc4ccccc4cc3c12. The number of fused-ring (bicyclic) bond motifs is 4. The van der Waals surface area contributed by atoms with E-state index in [0.717, 1.165) is 27.2 Å². The van der Waals surface area contributed by atoms with Gasteiger partial charge in [-0.15, -0.1) is 0 Å². The highest BCUT2D eigenvalue weighted by atomic mass is 16.1. The second-order valence-corrected chi connectivity index (χ2v) is 4.96. The van der Waals surface area contributed by atoms with Crippen LogP contribution in [0.25, 0.3) is 32.6 Å². The van der Waals surface area contributed by atoms with Gasteiger partial charge in [0.15, 0.2) is 0 Å². The molecule has 3 aromatic carbocycles. The summed E-state index contributed by atoms with van der Waals surface area (Å²) < 4.78 is 0. The fourth-order valence-corrected chi connectivity index (χ4v) is 2.85. The molecule has 0 aliphatic heterocycles. The molecule has 3 heteroatoms. The Morgan fingerprint density at radius 3 is 2.40 bits per heavy atom. The van der Waals surface area contributed by atoms with Crippen molar-refractivity contribution >= 4 is 38.5 Å². The Labute approximate surface area is 115 Å². The zero-order valence-corrected chi connectivity index (χ0v) is 10.7. The number of benzene rings is 3. The zero-order chi connectivity index (χ0) is 13.7. The number of carbonyl (C=O) groups excluding carboxylic acids is 1. The van der Waals surface area contributed by atoms with Crippen molar-refractivity contribution in [1.29, 1.82) is 0 Å². The predicted octanol–water partition coefficient (Wildman–Crippen LogP) is 3.57. The molecule has 0 spiro atoms. The Bertz CT molecular complexity index is 982. The molecule has 96 valence electrons. The Kier molecular flexibility index (Phi) is 2.12. The van der Waals surface area contributed by atoms with Gasteiger partial charge in [0.2, 0.25) is 5.91 Å². The number of rotatable bonds is 1. The Morgan fingerprint density at radius 2 is 1.65 bits per heavy atom. The number of amides is 1. The number of hydrogen-bond acceptors (Lipinski definition) is 1. The maximum Gasteiger partial charge on any atom is 0.249 e. The van der Waals surface area contributed by atoms with E-state index >= 15 is 0 Å². The third kappa shape index (κ3) is 1.43. The van der Waals surface area contributed by atoms with Gasteiger partial charge in [0.25, 0.3) is 0 Å². The Morgan fingerprint density at radius 1 is 0.900 bits per heavy atom. The molecular weight excluding hydrogens is 248 g/mol. The fraction of sp³-hybridized carbons (Fsp3) is 0. The van der Waals surface area contributed by atoms with E-state index in [1.165, 1.54) is 5.39 Å². The molecule has 0 aliphatic rings. The summed E-state index contributed by atoms with van der Waals surface area (Å²) in [5.74, 6) is -0.398. The van der Waals surface area contributed by atoms with Crippen LogP contribution in [0, 0.1) is 0 Å². The summed E-state index contributed by atoms with van der Waals surface area (Å²) in [5.41, 5.74) is 8.01. The minimum Gasteiger partial charge on any atom is -0.366 e. The fourth-order valence-electron chi connectivity index (χ4n) is 2.85. The summed E-state index contributed by atoms with van der Waals surface area (Å²) in [7, 11) is 0. The lowest BCUT2D eigenvalue weighted by Gasteiger charge is -2.00. The van der Waals surface area contributed by atoms with Crippen molar-refractivity contribution in [1.82, 2.24) is 4.98 Å². The first-order chi connectivity index (χ1) is 9.74. The standard InChI is InChI=1S/C17H12N2O/c18-17(20)12-6-3-7-14-16(12)13-8-10-4-1-2-5-11(10)9-15(13)19-14/h1-9,19H,(H2,18,20). The minimum atomic E-state index is -0.398. The highest BCUT2D eigenvalue weighted by Gasteiger charge is 2.12. The maximum absolute atomic E-state index is 11.6. The predicted molar refractivity (Wildman–Crippen MR) is 81.8 cm³/mol. The topological polar surface area (TPSA) is 58.9 Å². The number of H-pyrrole nitrogens is 1. The summed E-state index contributed by atoms with van der Waals surface area (Å²) >= 11 is 0. The van der Waals surface area contributed by atoms with Gasteiger partial charge < -0.3 is 10.7 Å². The third-order valence-corrected chi connectivity index (χ3v) is 3.75. The van der Waals surface area contributed by atoms with Crippen molar-refractivity contribution in [3.63, 3.8) is 0 Å². The summed E-state index contributed by atoms with van der Waals surface area (Å²) in [6.45, 7) is 0. The van der Waals surface area contributed by atoms with Crippen molar-refractivity contribution in [3.8, 4) is 0 Å². The van der Waals surface area contributed by atoms with E-state index in [1.54, 1.807) is 6.07 Å². The minimum absolute atomic E-state index is 0.398. The molecule has 0 bridgehead atoms. The van der Waals surface area contributed by atoms with Gasteiger partial charge in [-0.05, 0) is 35.0 Å². The van der Waals surface area contributed by atoms with Crippen LogP contribution in [0.15, 0.2) is 54.6 Å². The second kappa shape index (κ2) is 3.84. The molecule has 4 rings (SSSR count). The molecule has 0 saturated carbocycles. The van der Waals surface area contributed by atoms with Gasteiger partial charge in [0, 0.05) is 27.4 Å². The Hall–Kier alpha value is -2.81. The summed E-state index contributed by atoms with van der Waals surface area (Å²) in [4.78, 5) is 15.0. The number of nitrogens with two attached hydrogens (primary N) is 1. The van der Waals surface area contributed by atoms with E-state index in [0.29, 0.717) is 5.56 Å². The van der Waals surface area contributed by atoms with Gasteiger partial charge in [0.05, 0.1) is 0 Å². The molecule has 0 radical (unpaired) electrons. The van der Waals surface area contributed by atoms with Gasteiger partial charge >= 0.3 is 0 Å². The van der Waals surface area contributed by atoms with E-state index in [2.05, 4.69) is 29.2 Å². The lowest BCUT2D eigenvalue weighted by atomic mass is 10.0. The average Bonchev–Trinajstić information content (AvgIpc) is 2.82. The molecule has 1 amide bonds. The van der Waals surface area contributed by atoms with Crippen LogP contribution < -0.4 is 5.73 Å². The summed E-state index contributed by atoms with van der Waals surface area (Å²) in [6.07, 6.45) is 0. The molecular formula is C17H12N2O. The third-order valence-electron chi connectivity index (χ3n) is 3.75. The first-order valence-corrected chi connectivity index (χ1v) is 6.47. The Balaban J connectivity index is 2.25. The summed E-state index contributed by atoms with van der Waals surface area (Å²) in [6, 6.07) is 18.0. The van der Waals surface area contributed by atoms with E-state index in [4.69, 9.17) is 5.73 Å². The van der Waals surface area contributed by atoms with Crippen molar-refractivity contribution in [2.24, 2.45) is 5.73 Å². The molecule has 3 nitrogen and oxygen atoms in total. The van der Waals surface area contributed by atoms with Gasteiger partial charge in [0.1, 0.15) is 0 Å². The van der Waals surface area contributed by atoms with Crippen LogP contribution in [-0.4, -0.2) is 10.9 Å². The van der Waals surface area contributed by atoms with Crippen LogP contribution in [0.1, 0.15) is 10.4 Å². The first-order valence-electron chi connectivity index (χ1n) is 6.47. The van der Waals surface area contributed by atoms with E-state index < -0.39 is 5.91 Å². The lowest BCUT2D eigenvalue weighted by Crippen LogP contribution is -2.10. The number of primary amides is 1. The summed E-state index contributed by atoms with van der Waals surface area (Å²) in [5, 5.41) is 4.27. The van der Waals surface area contributed by atoms with E-state index in [9.17, 15) is 4.79 Å². The molecule has 0 atom stereocenters. The normalized spacial score (nSPS) is 11.4.